The van der Waals surface area contributed by atoms with Crippen LogP contribution in [0.4, 0.5) is 0 Å². The molecule has 3 N–H and O–H groups in total. The lowest BCUT2D eigenvalue weighted by atomic mass is 10.1. The molecule has 13 heavy (non-hydrogen) atoms. The summed E-state index contributed by atoms with van der Waals surface area (Å²) in [5.74, 6) is -3.17. The molecule has 0 aromatic rings. The zero-order chi connectivity index (χ0) is 10.4. The lowest BCUT2D eigenvalue weighted by Crippen LogP contribution is -2.20. The molecule has 0 fully saturated rings. The van der Waals surface area contributed by atoms with E-state index in [-0.39, 0.29) is 6.42 Å². The number of carbonyl (C=O) groups excluding carboxylic acids is 1. The van der Waals surface area contributed by atoms with E-state index in [0.717, 1.165) is 6.08 Å². The second kappa shape index (κ2) is 4.81. The van der Waals surface area contributed by atoms with Gasteiger partial charge in [-0.25, -0.2) is 9.59 Å². The standard InChI is InChI=1S/C7H7NO5/c8-5(7(12)13)4(6(10)11)2-1-3-9/h2-3,8H,1H2,(H,10,11)(H,12,13). The van der Waals surface area contributed by atoms with Crippen molar-refractivity contribution in [3.63, 3.8) is 0 Å². The third-order valence-corrected chi connectivity index (χ3v) is 1.13. The van der Waals surface area contributed by atoms with Gasteiger partial charge in [-0.15, -0.1) is 0 Å². The molecule has 0 rings (SSSR count). The van der Waals surface area contributed by atoms with Crippen molar-refractivity contribution < 1.29 is 24.6 Å². The van der Waals surface area contributed by atoms with Gasteiger partial charge in [-0.1, -0.05) is 6.08 Å². The highest BCUT2D eigenvalue weighted by molar-refractivity contribution is 6.47. The molecular formula is C7H7NO5. The van der Waals surface area contributed by atoms with Crippen LogP contribution in [0.5, 0.6) is 0 Å². The molecular weight excluding hydrogens is 178 g/mol. The van der Waals surface area contributed by atoms with Crippen molar-refractivity contribution in [2.75, 3.05) is 0 Å². The normalized spacial score (nSPS) is 10.6. The summed E-state index contributed by atoms with van der Waals surface area (Å²) in [6.07, 6.45) is 1.07. The Balaban J connectivity index is 4.81. The predicted molar refractivity (Wildman–Crippen MR) is 41.8 cm³/mol. The first-order chi connectivity index (χ1) is 6.00. The molecule has 0 bridgehead atoms. The van der Waals surface area contributed by atoms with Crippen LogP contribution >= 0.6 is 0 Å². The average molecular weight is 185 g/mol. The Morgan fingerprint density at radius 3 is 2.08 bits per heavy atom. The lowest BCUT2D eigenvalue weighted by molar-refractivity contribution is -0.133. The Bertz CT molecular complexity index is 291. The molecule has 0 heterocycles. The molecule has 6 heteroatoms. The van der Waals surface area contributed by atoms with Gasteiger partial charge in [0.2, 0.25) is 0 Å². The van der Waals surface area contributed by atoms with Crippen LogP contribution < -0.4 is 0 Å². The summed E-state index contributed by atoms with van der Waals surface area (Å²) in [4.78, 5) is 30.4. The predicted octanol–water partition coefficient (Wildman–Crippen LogP) is -0.309. The number of nitrogens with one attached hydrogen (secondary N) is 1. The molecule has 0 saturated carbocycles. The van der Waals surface area contributed by atoms with Crippen LogP contribution in [0.1, 0.15) is 6.42 Å². The zero-order valence-electron chi connectivity index (χ0n) is 6.48. The van der Waals surface area contributed by atoms with Crippen LogP contribution in [0.2, 0.25) is 0 Å². The summed E-state index contributed by atoms with van der Waals surface area (Å²) < 4.78 is 0. The van der Waals surface area contributed by atoms with Crippen LogP contribution in [-0.2, 0) is 14.4 Å². The van der Waals surface area contributed by atoms with Gasteiger partial charge in [-0.3, -0.25) is 5.41 Å². The van der Waals surface area contributed by atoms with Crippen molar-refractivity contribution >= 4 is 23.9 Å². The van der Waals surface area contributed by atoms with Crippen molar-refractivity contribution in [3.05, 3.63) is 11.6 Å². The van der Waals surface area contributed by atoms with Gasteiger partial charge < -0.3 is 15.0 Å². The number of carboxylic acids is 2. The van der Waals surface area contributed by atoms with Crippen molar-refractivity contribution in [2.24, 2.45) is 0 Å². The highest BCUT2D eigenvalue weighted by Gasteiger charge is 2.18. The van der Waals surface area contributed by atoms with Crippen molar-refractivity contribution in [1.82, 2.24) is 0 Å². The second-order valence-corrected chi connectivity index (χ2v) is 2.01. The topological polar surface area (TPSA) is 116 Å². The SMILES string of the molecule is N=C(C(=O)O)C(=CCC=O)C(=O)O. The minimum atomic E-state index is -1.64. The van der Waals surface area contributed by atoms with Gasteiger partial charge in [0.05, 0.1) is 5.57 Å². The Kier molecular flexibility index (Phi) is 4.08. The molecule has 0 aromatic carbocycles. The number of aldehydes is 1. The van der Waals surface area contributed by atoms with Crippen LogP contribution in [0.15, 0.2) is 11.6 Å². The molecule has 0 spiro atoms. The van der Waals surface area contributed by atoms with Crippen molar-refractivity contribution in [1.29, 1.82) is 5.41 Å². The first-order valence-electron chi connectivity index (χ1n) is 3.20. The van der Waals surface area contributed by atoms with E-state index in [9.17, 15) is 14.4 Å². The number of carbonyl (C=O) groups is 3. The molecule has 0 radical (unpaired) electrons. The van der Waals surface area contributed by atoms with Gasteiger partial charge in [0.15, 0.2) is 5.71 Å². The number of carboxylic acid groups (broad SMARTS) is 2. The van der Waals surface area contributed by atoms with Crippen LogP contribution in [0.25, 0.3) is 0 Å². The maximum absolute atomic E-state index is 10.4. The van der Waals surface area contributed by atoms with Gasteiger partial charge in [-0.2, -0.15) is 0 Å². The summed E-state index contributed by atoms with van der Waals surface area (Å²) in [6.45, 7) is 0. The summed E-state index contributed by atoms with van der Waals surface area (Å²) in [6, 6.07) is 0. The van der Waals surface area contributed by atoms with Gasteiger partial charge in [0.25, 0.3) is 0 Å². The molecule has 0 unspecified atom stereocenters. The highest BCUT2D eigenvalue weighted by atomic mass is 16.4. The van der Waals surface area contributed by atoms with Crippen molar-refractivity contribution in [3.8, 4) is 0 Å². The summed E-state index contributed by atoms with van der Waals surface area (Å²) >= 11 is 0. The van der Waals surface area contributed by atoms with E-state index < -0.39 is 23.2 Å². The first-order valence-corrected chi connectivity index (χ1v) is 3.20. The number of hydrogen-bond donors (Lipinski definition) is 3. The van der Waals surface area contributed by atoms with Gasteiger partial charge in [-0.05, 0) is 0 Å². The fraction of sp³-hybridized carbons (Fsp3) is 0.143. The molecule has 70 valence electrons. The first kappa shape index (κ1) is 11.0. The fourth-order valence-electron chi connectivity index (χ4n) is 0.577. The number of aliphatic carboxylic acids is 2. The van der Waals surface area contributed by atoms with E-state index in [1.54, 1.807) is 0 Å². The van der Waals surface area contributed by atoms with E-state index in [1.165, 1.54) is 0 Å². The quantitative estimate of drug-likeness (QED) is 0.308. The Morgan fingerprint density at radius 1 is 1.23 bits per heavy atom. The zero-order valence-corrected chi connectivity index (χ0v) is 6.48. The van der Waals surface area contributed by atoms with E-state index in [4.69, 9.17) is 15.6 Å². The molecule has 0 aromatic heterocycles. The second-order valence-electron chi connectivity index (χ2n) is 2.01. The molecule has 0 aliphatic heterocycles. The fourth-order valence-corrected chi connectivity index (χ4v) is 0.577. The van der Waals surface area contributed by atoms with E-state index in [1.807, 2.05) is 0 Å². The number of hydrogen-bond acceptors (Lipinski definition) is 4. The summed E-state index contributed by atoms with van der Waals surface area (Å²) in [7, 11) is 0. The van der Waals surface area contributed by atoms with E-state index >= 15 is 0 Å². The van der Waals surface area contributed by atoms with Crippen LogP contribution in [0, 0.1) is 5.41 Å². The summed E-state index contributed by atoms with van der Waals surface area (Å²) in [5, 5.41) is 23.6. The smallest absolute Gasteiger partial charge is 0.354 e. The van der Waals surface area contributed by atoms with Crippen molar-refractivity contribution in [2.45, 2.75) is 6.42 Å². The molecule has 0 saturated heterocycles. The molecule has 0 aliphatic carbocycles. The maximum Gasteiger partial charge on any atom is 0.354 e. The average Bonchev–Trinajstić information content (AvgIpc) is 2.04. The monoisotopic (exact) mass is 185 g/mol. The minimum absolute atomic E-state index is 0.225. The minimum Gasteiger partial charge on any atom is -0.478 e. The maximum atomic E-state index is 10.4. The Labute approximate surface area is 73.0 Å². The number of rotatable bonds is 5. The highest BCUT2D eigenvalue weighted by Crippen LogP contribution is 1.99. The third kappa shape index (κ3) is 3.28. The lowest BCUT2D eigenvalue weighted by Gasteiger charge is -1.97. The van der Waals surface area contributed by atoms with Gasteiger partial charge >= 0.3 is 11.9 Å². The van der Waals surface area contributed by atoms with Gasteiger partial charge in [0, 0.05) is 6.42 Å². The molecule has 0 amide bonds. The largest absolute Gasteiger partial charge is 0.478 e. The Hall–Kier alpha value is -1.98. The van der Waals surface area contributed by atoms with Gasteiger partial charge in [0.1, 0.15) is 6.29 Å². The molecule has 0 aliphatic rings. The van der Waals surface area contributed by atoms with E-state index in [0.29, 0.717) is 6.29 Å². The number of allylic oxidation sites excluding steroid dienone is 1. The molecule has 6 nitrogen and oxygen atoms in total. The van der Waals surface area contributed by atoms with Crippen LogP contribution in [0.3, 0.4) is 0 Å². The molecule has 0 atom stereocenters. The summed E-state index contributed by atoms with van der Waals surface area (Å²) in [5.41, 5.74) is -1.71. The van der Waals surface area contributed by atoms with Crippen LogP contribution in [-0.4, -0.2) is 34.1 Å². The Morgan fingerprint density at radius 2 is 1.77 bits per heavy atom. The van der Waals surface area contributed by atoms with E-state index in [2.05, 4.69) is 0 Å². The third-order valence-electron chi connectivity index (χ3n) is 1.13.